The van der Waals surface area contributed by atoms with Crippen molar-refractivity contribution in [3.05, 3.63) is 35.4 Å². The predicted octanol–water partition coefficient (Wildman–Crippen LogP) is 2.99. The molecule has 0 saturated carbocycles. The fraction of sp³-hybridized carbons (Fsp3) is 0.708. The fourth-order valence-corrected chi connectivity index (χ4v) is 4.65. The van der Waals surface area contributed by atoms with Gasteiger partial charge in [0.05, 0.1) is 26.4 Å². The van der Waals surface area contributed by atoms with Crippen molar-refractivity contribution >= 4 is 5.96 Å². The van der Waals surface area contributed by atoms with Gasteiger partial charge >= 0.3 is 0 Å². The number of hydrogen-bond acceptors (Lipinski definition) is 4. The van der Waals surface area contributed by atoms with Gasteiger partial charge < -0.3 is 24.4 Å². The number of guanidine groups is 1. The molecule has 0 amide bonds. The van der Waals surface area contributed by atoms with E-state index in [1.807, 2.05) is 0 Å². The molecule has 30 heavy (non-hydrogen) atoms. The van der Waals surface area contributed by atoms with Crippen molar-refractivity contribution in [3.63, 3.8) is 0 Å². The van der Waals surface area contributed by atoms with Crippen LogP contribution in [-0.4, -0.2) is 77.2 Å². The van der Waals surface area contributed by atoms with Gasteiger partial charge in [0.2, 0.25) is 0 Å². The van der Waals surface area contributed by atoms with Crippen molar-refractivity contribution in [1.82, 2.24) is 10.2 Å². The summed E-state index contributed by atoms with van der Waals surface area (Å²) in [7, 11) is 1.71. The number of hydrogen-bond donors (Lipinski definition) is 1. The van der Waals surface area contributed by atoms with Crippen molar-refractivity contribution in [2.75, 3.05) is 66.3 Å². The number of ether oxygens (including phenoxy) is 3. The topological polar surface area (TPSA) is 55.3 Å². The van der Waals surface area contributed by atoms with E-state index in [2.05, 4.69) is 48.3 Å². The molecule has 2 saturated heterocycles. The third-order valence-electron chi connectivity index (χ3n) is 6.40. The first-order valence-corrected chi connectivity index (χ1v) is 11.4. The lowest BCUT2D eigenvalue weighted by atomic mass is 9.72. The molecule has 2 heterocycles. The average molecular weight is 418 g/mol. The molecule has 6 heteroatoms. The van der Waals surface area contributed by atoms with E-state index in [-0.39, 0.29) is 5.41 Å². The summed E-state index contributed by atoms with van der Waals surface area (Å²) >= 11 is 0. The molecular weight excluding hydrogens is 378 g/mol. The molecule has 1 atom stereocenters. The second-order valence-corrected chi connectivity index (χ2v) is 8.55. The molecule has 2 fully saturated rings. The first-order valence-electron chi connectivity index (χ1n) is 11.4. The Morgan fingerprint density at radius 1 is 1.27 bits per heavy atom. The molecule has 2 aliphatic heterocycles. The van der Waals surface area contributed by atoms with Gasteiger partial charge in [-0.05, 0) is 44.2 Å². The minimum absolute atomic E-state index is 0.0622. The number of nitrogens with one attached hydrogen (secondary N) is 1. The number of nitrogens with zero attached hydrogens (tertiary/aromatic N) is 2. The summed E-state index contributed by atoms with van der Waals surface area (Å²) in [5.41, 5.74) is 2.85. The summed E-state index contributed by atoms with van der Waals surface area (Å²) in [5, 5.41) is 3.53. The maximum Gasteiger partial charge on any atom is 0.193 e. The van der Waals surface area contributed by atoms with Gasteiger partial charge in [0.1, 0.15) is 0 Å². The smallest absolute Gasteiger partial charge is 0.193 e. The van der Waals surface area contributed by atoms with E-state index in [4.69, 9.17) is 19.2 Å². The molecule has 0 spiro atoms. The monoisotopic (exact) mass is 417 g/mol. The highest BCUT2D eigenvalue weighted by atomic mass is 16.5. The summed E-state index contributed by atoms with van der Waals surface area (Å²) < 4.78 is 16.5. The average Bonchev–Trinajstić information content (AvgIpc) is 3.24. The summed E-state index contributed by atoms with van der Waals surface area (Å²) in [4.78, 5) is 7.57. The van der Waals surface area contributed by atoms with Gasteiger partial charge in [0.15, 0.2) is 5.96 Å². The maximum atomic E-state index is 5.76. The van der Waals surface area contributed by atoms with Crippen molar-refractivity contribution in [2.24, 2.45) is 10.9 Å². The molecule has 0 radical (unpaired) electrons. The lowest BCUT2D eigenvalue weighted by molar-refractivity contribution is 0.0525. The minimum atomic E-state index is 0.0622. The number of benzene rings is 1. The Morgan fingerprint density at radius 2 is 2.07 bits per heavy atom. The van der Waals surface area contributed by atoms with Crippen LogP contribution in [0.3, 0.4) is 0 Å². The fourth-order valence-electron chi connectivity index (χ4n) is 4.65. The summed E-state index contributed by atoms with van der Waals surface area (Å²) in [6.45, 7) is 11.8. The van der Waals surface area contributed by atoms with Crippen LogP contribution in [0.15, 0.2) is 29.3 Å². The van der Waals surface area contributed by atoms with Crippen LogP contribution in [0.4, 0.5) is 0 Å². The SMILES string of the molecule is CCNC(=NCC1(c2ccccc2C)CCOCC1)N1CCC(COCCOC)C1. The maximum absolute atomic E-state index is 5.76. The summed E-state index contributed by atoms with van der Waals surface area (Å²) in [6.07, 6.45) is 3.20. The molecule has 0 aliphatic carbocycles. The van der Waals surface area contributed by atoms with Crippen LogP contribution in [0.1, 0.15) is 37.3 Å². The van der Waals surface area contributed by atoms with Crippen molar-refractivity contribution in [3.8, 4) is 0 Å². The number of aryl methyl sites for hydroxylation is 1. The zero-order valence-corrected chi connectivity index (χ0v) is 19.0. The van der Waals surface area contributed by atoms with E-state index >= 15 is 0 Å². The van der Waals surface area contributed by atoms with Crippen LogP contribution in [-0.2, 0) is 19.6 Å². The van der Waals surface area contributed by atoms with Gasteiger partial charge in [0.25, 0.3) is 0 Å². The van der Waals surface area contributed by atoms with Crippen LogP contribution in [0.25, 0.3) is 0 Å². The molecule has 0 bridgehead atoms. The highest BCUT2D eigenvalue weighted by molar-refractivity contribution is 5.80. The Labute approximate surface area is 182 Å². The number of aliphatic imine (C=N–C) groups is 1. The molecule has 1 aromatic carbocycles. The first-order chi connectivity index (χ1) is 14.7. The van der Waals surface area contributed by atoms with Gasteiger partial charge in [-0.3, -0.25) is 4.99 Å². The van der Waals surface area contributed by atoms with Gasteiger partial charge in [-0.15, -0.1) is 0 Å². The number of rotatable bonds is 9. The summed E-state index contributed by atoms with van der Waals surface area (Å²) in [5.74, 6) is 1.59. The number of likely N-dealkylation sites (tertiary alicyclic amines) is 1. The van der Waals surface area contributed by atoms with Gasteiger partial charge in [0, 0.05) is 51.3 Å². The molecule has 1 unspecified atom stereocenters. The van der Waals surface area contributed by atoms with Crippen LogP contribution in [0, 0.1) is 12.8 Å². The zero-order chi connectivity index (χ0) is 21.2. The molecule has 2 aliphatic rings. The first kappa shape index (κ1) is 23.0. The lowest BCUT2D eigenvalue weighted by Gasteiger charge is -2.38. The molecular formula is C24H39N3O3. The second kappa shape index (κ2) is 11.7. The minimum Gasteiger partial charge on any atom is -0.382 e. The predicted molar refractivity (Wildman–Crippen MR) is 121 cm³/mol. The van der Waals surface area contributed by atoms with E-state index in [0.717, 1.165) is 71.2 Å². The van der Waals surface area contributed by atoms with Crippen LogP contribution >= 0.6 is 0 Å². The van der Waals surface area contributed by atoms with Crippen LogP contribution < -0.4 is 5.32 Å². The Balaban J connectivity index is 1.69. The highest BCUT2D eigenvalue weighted by Gasteiger charge is 2.36. The Morgan fingerprint density at radius 3 is 2.80 bits per heavy atom. The quantitative estimate of drug-likeness (QED) is 0.380. The Kier molecular flexibility index (Phi) is 8.97. The van der Waals surface area contributed by atoms with E-state index in [9.17, 15) is 0 Å². The largest absolute Gasteiger partial charge is 0.382 e. The van der Waals surface area contributed by atoms with Crippen molar-refractivity contribution in [1.29, 1.82) is 0 Å². The van der Waals surface area contributed by atoms with E-state index in [1.54, 1.807) is 7.11 Å². The highest BCUT2D eigenvalue weighted by Crippen LogP contribution is 2.37. The third-order valence-corrected chi connectivity index (χ3v) is 6.40. The molecule has 3 rings (SSSR count). The molecule has 1 aromatic rings. The van der Waals surface area contributed by atoms with E-state index in [1.165, 1.54) is 11.1 Å². The van der Waals surface area contributed by atoms with Crippen LogP contribution in [0.2, 0.25) is 0 Å². The van der Waals surface area contributed by atoms with Crippen molar-refractivity contribution in [2.45, 2.75) is 38.5 Å². The Hall–Kier alpha value is -1.63. The lowest BCUT2D eigenvalue weighted by Crippen LogP contribution is -2.43. The molecule has 1 N–H and O–H groups in total. The standard InChI is InChI=1S/C24H39N3O3/c1-4-25-23(27-12-9-21(17-27)18-30-16-15-28-3)26-19-24(10-13-29-14-11-24)22-8-6-5-7-20(22)2/h5-8,21H,4,9-19H2,1-3H3,(H,25,26). The third kappa shape index (κ3) is 5.96. The van der Waals surface area contributed by atoms with E-state index < -0.39 is 0 Å². The number of methoxy groups -OCH3 is 1. The van der Waals surface area contributed by atoms with Crippen molar-refractivity contribution < 1.29 is 14.2 Å². The molecule has 168 valence electrons. The van der Waals surface area contributed by atoms with Gasteiger partial charge in [-0.2, -0.15) is 0 Å². The van der Waals surface area contributed by atoms with Gasteiger partial charge in [-0.1, -0.05) is 24.3 Å². The summed E-state index contributed by atoms with van der Waals surface area (Å²) in [6, 6.07) is 8.78. The van der Waals surface area contributed by atoms with E-state index in [0.29, 0.717) is 19.1 Å². The molecule has 0 aromatic heterocycles. The van der Waals surface area contributed by atoms with Gasteiger partial charge in [-0.25, -0.2) is 0 Å². The Bertz CT molecular complexity index is 673. The molecule has 6 nitrogen and oxygen atoms in total. The second-order valence-electron chi connectivity index (χ2n) is 8.55. The normalized spacial score (nSPS) is 21.8. The zero-order valence-electron chi connectivity index (χ0n) is 19.0. The van der Waals surface area contributed by atoms with Crippen LogP contribution in [0.5, 0.6) is 0 Å².